The molecule has 7 heteroatoms. The quantitative estimate of drug-likeness (QED) is 0.494. The maximum Gasteiger partial charge on any atom is 0.354 e. The number of ether oxygens (including phenoxy) is 1. The third kappa shape index (κ3) is 4.57. The number of rotatable bonds is 5. The van der Waals surface area contributed by atoms with Crippen LogP contribution < -0.4 is 0 Å². The Bertz CT molecular complexity index is 1030. The van der Waals surface area contributed by atoms with Gasteiger partial charge in [-0.1, -0.05) is 29.3 Å². The predicted molar refractivity (Wildman–Crippen MR) is 109 cm³/mol. The van der Waals surface area contributed by atoms with Crippen molar-refractivity contribution in [3.05, 3.63) is 83.1 Å². The number of esters is 1. The number of aryl methyl sites for hydroxylation is 2. The first kappa shape index (κ1) is 20.0. The molecular formula is C22H22N4O3. The lowest BCUT2D eigenvalue weighted by atomic mass is 10.1. The van der Waals surface area contributed by atoms with Gasteiger partial charge >= 0.3 is 5.97 Å². The van der Waals surface area contributed by atoms with E-state index in [0.717, 1.165) is 22.4 Å². The Kier molecular flexibility index (Phi) is 5.87. The van der Waals surface area contributed by atoms with Gasteiger partial charge in [-0.3, -0.25) is 4.79 Å². The number of amides is 1. The van der Waals surface area contributed by atoms with E-state index in [2.05, 4.69) is 10.1 Å². The highest BCUT2D eigenvalue weighted by Crippen LogP contribution is 2.18. The van der Waals surface area contributed by atoms with E-state index in [-0.39, 0.29) is 11.6 Å². The third-order valence-electron chi connectivity index (χ3n) is 4.41. The number of nitrogens with zero attached hydrogens (tertiary/aromatic N) is 4. The highest BCUT2D eigenvalue weighted by atomic mass is 16.5. The molecule has 0 spiro atoms. The van der Waals surface area contributed by atoms with Gasteiger partial charge in [-0.25, -0.2) is 14.5 Å². The van der Waals surface area contributed by atoms with Crippen LogP contribution in [0.4, 0.5) is 0 Å². The van der Waals surface area contributed by atoms with Crippen molar-refractivity contribution in [1.29, 1.82) is 0 Å². The van der Waals surface area contributed by atoms with Gasteiger partial charge in [0, 0.05) is 12.6 Å². The Balaban J connectivity index is 1.92. The number of likely N-dealkylation sites (N-methyl/N-ethyl adjacent to an activating group) is 1. The molecule has 3 aromatic rings. The highest BCUT2D eigenvalue weighted by Gasteiger charge is 2.22. The molecule has 0 saturated heterocycles. The number of hydrogen-bond donors (Lipinski definition) is 0. The second kappa shape index (κ2) is 8.52. The summed E-state index contributed by atoms with van der Waals surface area (Å²) in [5.41, 5.74) is 4.20. The standard InChI is InChI=1S/C22H22N4O3/c1-15-9-16(2)11-18(10-15)21(27)25(3)20(22(28)29-4)12-17-5-7-19(8-6-17)26-14-23-13-24-26/h5-14H,1-4H3. The maximum absolute atomic E-state index is 13.0. The van der Waals surface area contributed by atoms with Crippen LogP contribution in [0.25, 0.3) is 11.8 Å². The van der Waals surface area contributed by atoms with Crippen LogP contribution in [0.2, 0.25) is 0 Å². The topological polar surface area (TPSA) is 77.3 Å². The van der Waals surface area contributed by atoms with Gasteiger partial charge in [0.1, 0.15) is 18.4 Å². The molecule has 0 aliphatic rings. The van der Waals surface area contributed by atoms with Crippen molar-refractivity contribution >= 4 is 18.0 Å². The van der Waals surface area contributed by atoms with Gasteiger partial charge in [0.25, 0.3) is 5.91 Å². The van der Waals surface area contributed by atoms with Crippen LogP contribution in [-0.4, -0.2) is 45.7 Å². The normalized spacial score (nSPS) is 11.2. The van der Waals surface area contributed by atoms with Crippen molar-refractivity contribution in [1.82, 2.24) is 19.7 Å². The molecule has 0 aliphatic carbocycles. The molecule has 7 nitrogen and oxygen atoms in total. The summed E-state index contributed by atoms with van der Waals surface area (Å²) in [6, 6.07) is 12.9. The molecule has 0 atom stereocenters. The van der Waals surface area contributed by atoms with Crippen molar-refractivity contribution in [3.63, 3.8) is 0 Å². The Morgan fingerprint density at radius 2 is 1.72 bits per heavy atom. The predicted octanol–water partition coefficient (Wildman–Crippen LogP) is 3.17. The van der Waals surface area contributed by atoms with Gasteiger partial charge in [0.2, 0.25) is 0 Å². The zero-order valence-electron chi connectivity index (χ0n) is 16.8. The molecule has 29 heavy (non-hydrogen) atoms. The smallest absolute Gasteiger partial charge is 0.354 e. The zero-order chi connectivity index (χ0) is 21.0. The van der Waals surface area contributed by atoms with Gasteiger partial charge in [-0.05, 0) is 49.8 Å². The highest BCUT2D eigenvalue weighted by molar-refractivity contribution is 6.03. The Morgan fingerprint density at radius 3 is 2.28 bits per heavy atom. The van der Waals surface area contributed by atoms with Crippen LogP contribution in [0.3, 0.4) is 0 Å². The minimum Gasteiger partial charge on any atom is -0.464 e. The van der Waals surface area contributed by atoms with Crippen molar-refractivity contribution < 1.29 is 14.3 Å². The average molecular weight is 390 g/mol. The summed E-state index contributed by atoms with van der Waals surface area (Å²) >= 11 is 0. The summed E-state index contributed by atoms with van der Waals surface area (Å²) in [6.45, 7) is 3.86. The molecule has 148 valence electrons. The van der Waals surface area contributed by atoms with Crippen molar-refractivity contribution in [2.24, 2.45) is 0 Å². The van der Waals surface area contributed by atoms with E-state index in [9.17, 15) is 9.59 Å². The minimum absolute atomic E-state index is 0.144. The number of carbonyl (C=O) groups excluding carboxylic acids is 2. The Morgan fingerprint density at radius 1 is 1.07 bits per heavy atom. The zero-order valence-corrected chi connectivity index (χ0v) is 16.8. The molecule has 1 heterocycles. The third-order valence-corrected chi connectivity index (χ3v) is 4.41. The largest absolute Gasteiger partial charge is 0.464 e. The number of benzene rings is 2. The van der Waals surface area contributed by atoms with Crippen LogP contribution >= 0.6 is 0 Å². The van der Waals surface area contributed by atoms with E-state index >= 15 is 0 Å². The fraction of sp³-hybridized carbons (Fsp3) is 0.182. The van der Waals surface area contributed by atoms with E-state index in [0.29, 0.717) is 5.56 Å². The lowest BCUT2D eigenvalue weighted by Gasteiger charge is -2.20. The second-order valence-electron chi connectivity index (χ2n) is 6.69. The summed E-state index contributed by atoms with van der Waals surface area (Å²) in [5, 5.41) is 4.08. The number of methoxy groups -OCH3 is 1. The number of aromatic nitrogens is 3. The lowest BCUT2D eigenvalue weighted by molar-refractivity contribution is -0.137. The van der Waals surface area contributed by atoms with Crippen molar-refractivity contribution in [2.75, 3.05) is 14.2 Å². The maximum atomic E-state index is 13.0. The molecule has 0 aliphatic heterocycles. The molecule has 1 amide bonds. The first-order valence-corrected chi connectivity index (χ1v) is 9.00. The summed E-state index contributed by atoms with van der Waals surface area (Å²) in [6.07, 6.45) is 4.68. The first-order chi connectivity index (χ1) is 13.9. The monoisotopic (exact) mass is 390 g/mol. The molecule has 0 fully saturated rings. The van der Waals surface area contributed by atoms with Crippen LogP contribution in [0.15, 0.2) is 60.8 Å². The second-order valence-corrected chi connectivity index (χ2v) is 6.69. The summed E-state index contributed by atoms with van der Waals surface area (Å²) < 4.78 is 6.53. The van der Waals surface area contributed by atoms with E-state index in [1.54, 1.807) is 36.3 Å². The molecule has 0 radical (unpaired) electrons. The SMILES string of the molecule is COC(=O)C(=Cc1ccc(-n2cncn2)cc1)N(C)C(=O)c1cc(C)cc(C)c1. The van der Waals surface area contributed by atoms with Crippen molar-refractivity contribution in [3.8, 4) is 5.69 Å². The fourth-order valence-corrected chi connectivity index (χ4v) is 3.02. The van der Waals surface area contributed by atoms with Crippen LogP contribution in [0, 0.1) is 13.8 Å². The van der Waals surface area contributed by atoms with Gasteiger partial charge in [0.15, 0.2) is 0 Å². The first-order valence-electron chi connectivity index (χ1n) is 9.00. The molecule has 0 unspecified atom stereocenters. The molecule has 0 N–H and O–H groups in total. The van der Waals surface area contributed by atoms with Gasteiger partial charge in [-0.2, -0.15) is 5.10 Å². The van der Waals surface area contributed by atoms with E-state index in [1.807, 2.05) is 44.2 Å². The summed E-state index contributed by atoms with van der Waals surface area (Å²) in [4.78, 5) is 30.6. The molecule has 3 rings (SSSR count). The average Bonchev–Trinajstić information content (AvgIpc) is 3.25. The van der Waals surface area contributed by atoms with Gasteiger partial charge in [-0.15, -0.1) is 0 Å². The van der Waals surface area contributed by atoms with Crippen molar-refractivity contribution in [2.45, 2.75) is 13.8 Å². The van der Waals surface area contributed by atoms with E-state index in [4.69, 9.17) is 4.74 Å². The molecule has 0 bridgehead atoms. The Labute approximate surface area is 169 Å². The van der Waals surface area contributed by atoms with Gasteiger partial charge in [0.05, 0.1) is 12.8 Å². The minimum atomic E-state index is -0.592. The van der Waals surface area contributed by atoms with Crippen LogP contribution in [0.5, 0.6) is 0 Å². The van der Waals surface area contributed by atoms with Gasteiger partial charge < -0.3 is 9.64 Å². The fourth-order valence-electron chi connectivity index (χ4n) is 3.02. The number of hydrogen-bond acceptors (Lipinski definition) is 5. The molecular weight excluding hydrogens is 368 g/mol. The molecule has 1 aromatic heterocycles. The lowest BCUT2D eigenvalue weighted by Crippen LogP contribution is -2.30. The summed E-state index contributed by atoms with van der Waals surface area (Å²) in [5.74, 6) is -0.877. The van der Waals surface area contributed by atoms with E-state index in [1.165, 1.54) is 18.3 Å². The van der Waals surface area contributed by atoms with Crippen LogP contribution in [-0.2, 0) is 9.53 Å². The van der Waals surface area contributed by atoms with Crippen LogP contribution in [0.1, 0.15) is 27.0 Å². The molecule has 2 aromatic carbocycles. The summed E-state index contributed by atoms with van der Waals surface area (Å²) in [7, 11) is 2.85. The Hall–Kier alpha value is -3.74. The number of carbonyl (C=O) groups is 2. The van der Waals surface area contributed by atoms with E-state index < -0.39 is 5.97 Å². The molecule has 0 saturated carbocycles.